The summed E-state index contributed by atoms with van der Waals surface area (Å²) in [5.41, 5.74) is 4.46. The monoisotopic (exact) mass is 292 g/mol. The Bertz CT molecular complexity index is 796. The molecule has 0 aliphatic rings. The molecule has 0 aliphatic heterocycles. The van der Waals surface area contributed by atoms with E-state index in [1.807, 2.05) is 12.1 Å². The van der Waals surface area contributed by atoms with E-state index in [2.05, 4.69) is 71.5 Å². The molecule has 1 N–H and O–H groups in total. The minimum absolute atomic E-state index is 0.844. The lowest BCUT2D eigenvalue weighted by Crippen LogP contribution is -2.10. The fraction of sp³-hybridized carbons (Fsp3) is 0.222. The van der Waals surface area contributed by atoms with E-state index in [4.69, 9.17) is 0 Å². The number of nitrogens with one attached hydrogen (secondary N) is 1. The predicted octanol–water partition coefficient (Wildman–Crippen LogP) is 3.74. The van der Waals surface area contributed by atoms with E-state index in [1.54, 1.807) is 6.33 Å². The summed E-state index contributed by atoms with van der Waals surface area (Å²) in [6, 6.07) is 14.6. The van der Waals surface area contributed by atoms with Gasteiger partial charge in [0, 0.05) is 17.6 Å². The van der Waals surface area contributed by atoms with Crippen molar-refractivity contribution in [3.05, 3.63) is 59.9 Å². The van der Waals surface area contributed by atoms with Gasteiger partial charge in [0.25, 0.3) is 0 Å². The Morgan fingerprint density at radius 2 is 1.91 bits per heavy atom. The van der Waals surface area contributed by atoms with Crippen LogP contribution >= 0.6 is 0 Å². The third kappa shape index (κ3) is 3.23. The summed E-state index contributed by atoms with van der Waals surface area (Å²) < 4.78 is 0. The van der Waals surface area contributed by atoms with Gasteiger partial charge in [0.15, 0.2) is 0 Å². The Balaban J connectivity index is 2.01. The molecule has 0 saturated heterocycles. The lowest BCUT2D eigenvalue weighted by Gasteiger charge is -2.12. The van der Waals surface area contributed by atoms with E-state index in [1.165, 1.54) is 11.1 Å². The zero-order valence-electron chi connectivity index (χ0n) is 13.2. The van der Waals surface area contributed by atoms with Gasteiger partial charge in [-0.3, -0.25) is 0 Å². The Labute approximate surface area is 130 Å². The number of anilines is 2. The van der Waals surface area contributed by atoms with Gasteiger partial charge in [0.1, 0.15) is 12.1 Å². The number of aryl methyl sites for hydroxylation is 1. The molecule has 1 heterocycles. The molecule has 4 heteroatoms. The lowest BCUT2D eigenvalue weighted by atomic mass is 10.1. The van der Waals surface area contributed by atoms with Gasteiger partial charge in [-0.25, -0.2) is 9.97 Å². The van der Waals surface area contributed by atoms with Gasteiger partial charge in [0.2, 0.25) is 0 Å². The Morgan fingerprint density at radius 3 is 2.68 bits per heavy atom. The summed E-state index contributed by atoms with van der Waals surface area (Å²) in [5, 5.41) is 4.45. The van der Waals surface area contributed by atoms with Crippen molar-refractivity contribution in [1.29, 1.82) is 0 Å². The summed E-state index contributed by atoms with van der Waals surface area (Å²) in [6.07, 6.45) is 1.60. The van der Waals surface area contributed by atoms with Crippen LogP contribution in [0.2, 0.25) is 0 Å². The average Bonchev–Trinajstić information content (AvgIpc) is 2.47. The third-order valence-electron chi connectivity index (χ3n) is 3.48. The number of aromatic nitrogens is 2. The first-order valence-corrected chi connectivity index (χ1v) is 7.34. The molecule has 3 rings (SSSR count). The highest BCUT2D eigenvalue weighted by Crippen LogP contribution is 2.24. The maximum atomic E-state index is 4.42. The number of benzene rings is 2. The van der Waals surface area contributed by atoms with Gasteiger partial charge < -0.3 is 10.2 Å². The highest BCUT2D eigenvalue weighted by atomic mass is 15.0. The zero-order chi connectivity index (χ0) is 15.5. The molecule has 3 aromatic rings. The molecule has 0 fully saturated rings. The molecule has 22 heavy (non-hydrogen) atoms. The SMILES string of the molecule is Cc1cccc(Nc2ncnc3ccc(CN(C)C)cc23)c1. The summed E-state index contributed by atoms with van der Waals surface area (Å²) in [7, 11) is 4.13. The van der Waals surface area contributed by atoms with Crippen molar-refractivity contribution in [3.63, 3.8) is 0 Å². The molecule has 1 aromatic heterocycles. The van der Waals surface area contributed by atoms with Crippen molar-refractivity contribution in [1.82, 2.24) is 14.9 Å². The molecular formula is C18H20N4. The van der Waals surface area contributed by atoms with E-state index < -0.39 is 0 Å². The van der Waals surface area contributed by atoms with E-state index in [-0.39, 0.29) is 0 Å². The normalized spacial score (nSPS) is 11.1. The zero-order valence-corrected chi connectivity index (χ0v) is 13.2. The van der Waals surface area contributed by atoms with Crippen LogP contribution in [0.5, 0.6) is 0 Å². The van der Waals surface area contributed by atoms with Crippen LogP contribution in [-0.4, -0.2) is 29.0 Å². The summed E-state index contributed by atoms with van der Waals surface area (Å²) in [6.45, 7) is 2.98. The molecule has 0 aliphatic carbocycles. The van der Waals surface area contributed by atoms with Crippen molar-refractivity contribution in [2.75, 3.05) is 19.4 Å². The first-order chi connectivity index (χ1) is 10.6. The number of hydrogen-bond donors (Lipinski definition) is 1. The summed E-state index contributed by atoms with van der Waals surface area (Å²) >= 11 is 0. The van der Waals surface area contributed by atoms with Crippen LogP contribution < -0.4 is 5.32 Å². The summed E-state index contributed by atoms with van der Waals surface area (Å²) in [4.78, 5) is 10.9. The molecule has 0 spiro atoms. The van der Waals surface area contributed by atoms with Crippen LogP contribution in [0.3, 0.4) is 0 Å². The standard InChI is InChI=1S/C18H20N4/c1-13-5-4-6-15(9-13)21-18-16-10-14(11-22(2)3)7-8-17(16)19-12-20-18/h4-10,12H,11H2,1-3H3,(H,19,20,21). The van der Waals surface area contributed by atoms with E-state index >= 15 is 0 Å². The first-order valence-electron chi connectivity index (χ1n) is 7.34. The molecule has 4 nitrogen and oxygen atoms in total. The second-order valence-corrected chi connectivity index (χ2v) is 5.81. The predicted molar refractivity (Wildman–Crippen MR) is 91.4 cm³/mol. The smallest absolute Gasteiger partial charge is 0.141 e. The van der Waals surface area contributed by atoms with Gasteiger partial charge in [-0.05, 0) is 56.4 Å². The van der Waals surface area contributed by atoms with Gasteiger partial charge in [0.05, 0.1) is 5.52 Å². The van der Waals surface area contributed by atoms with Crippen LogP contribution in [-0.2, 0) is 6.54 Å². The molecule has 0 bridgehead atoms. The Kier molecular flexibility index (Phi) is 4.02. The highest BCUT2D eigenvalue weighted by molar-refractivity contribution is 5.91. The number of rotatable bonds is 4. The molecule has 112 valence electrons. The van der Waals surface area contributed by atoms with Crippen LogP contribution in [0.1, 0.15) is 11.1 Å². The summed E-state index contributed by atoms with van der Waals surface area (Å²) in [5.74, 6) is 0.844. The van der Waals surface area contributed by atoms with Crippen LogP contribution in [0.25, 0.3) is 10.9 Å². The molecule has 2 aromatic carbocycles. The first kappa shape index (κ1) is 14.5. The topological polar surface area (TPSA) is 41.1 Å². The van der Waals surface area contributed by atoms with Gasteiger partial charge in [-0.1, -0.05) is 18.2 Å². The maximum absolute atomic E-state index is 4.42. The molecule has 0 saturated carbocycles. The van der Waals surface area contributed by atoms with E-state index in [9.17, 15) is 0 Å². The van der Waals surface area contributed by atoms with Gasteiger partial charge in [-0.2, -0.15) is 0 Å². The Morgan fingerprint density at radius 1 is 1.05 bits per heavy atom. The molecular weight excluding hydrogens is 272 g/mol. The second kappa shape index (κ2) is 6.12. The van der Waals surface area contributed by atoms with Crippen LogP contribution in [0.4, 0.5) is 11.5 Å². The Hall–Kier alpha value is -2.46. The molecule has 0 atom stereocenters. The average molecular weight is 292 g/mol. The third-order valence-corrected chi connectivity index (χ3v) is 3.48. The van der Waals surface area contributed by atoms with Crippen LogP contribution in [0.15, 0.2) is 48.8 Å². The van der Waals surface area contributed by atoms with E-state index in [0.29, 0.717) is 0 Å². The van der Waals surface area contributed by atoms with E-state index in [0.717, 1.165) is 29.0 Å². The number of hydrogen-bond acceptors (Lipinski definition) is 4. The van der Waals surface area contributed by atoms with Crippen molar-refractivity contribution in [3.8, 4) is 0 Å². The highest BCUT2D eigenvalue weighted by Gasteiger charge is 2.06. The van der Waals surface area contributed by atoms with Crippen molar-refractivity contribution >= 4 is 22.4 Å². The quantitative estimate of drug-likeness (QED) is 0.795. The van der Waals surface area contributed by atoms with Crippen molar-refractivity contribution in [2.45, 2.75) is 13.5 Å². The van der Waals surface area contributed by atoms with Gasteiger partial charge >= 0.3 is 0 Å². The largest absolute Gasteiger partial charge is 0.340 e. The minimum atomic E-state index is 0.844. The lowest BCUT2D eigenvalue weighted by molar-refractivity contribution is 0.403. The number of fused-ring (bicyclic) bond motifs is 1. The minimum Gasteiger partial charge on any atom is -0.340 e. The molecule has 0 unspecified atom stereocenters. The fourth-order valence-electron chi connectivity index (χ4n) is 2.53. The van der Waals surface area contributed by atoms with Crippen molar-refractivity contribution < 1.29 is 0 Å². The fourth-order valence-corrected chi connectivity index (χ4v) is 2.53. The van der Waals surface area contributed by atoms with Gasteiger partial charge in [-0.15, -0.1) is 0 Å². The second-order valence-electron chi connectivity index (χ2n) is 5.81. The molecule has 0 amide bonds. The maximum Gasteiger partial charge on any atom is 0.141 e. The van der Waals surface area contributed by atoms with Crippen LogP contribution in [0, 0.1) is 6.92 Å². The number of nitrogens with zero attached hydrogens (tertiary/aromatic N) is 3. The van der Waals surface area contributed by atoms with Crippen molar-refractivity contribution in [2.24, 2.45) is 0 Å². The molecule has 0 radical (unpaired) electrons.